The van der Waals surface area contributed by atoms with Crippen LogP contribution in [0.4, 0.5) is 22.0 Å². The molecule has 0 saturated carbocycles. The minimum atomic E-state index is -2.34. The van der Waals surface area contributed by atoms with Crippen molar-refractivity contribution in [2.45, 2.75) is 57.1 Å². The molecule has 3 N–H and O–H groups in total. The van der Waals surface area contributed by atoms with Gasteiger partial charge in [-0.15, -0.1) is 0 Å². The number of amides is 1. The lowest BCUT2D eigenvalue weighted by atomic mass is 9.97. The van der Waals surface area contributed by atoms with Crippen LogP contribution in [0.3, 0.4) is 0 Å². The molecule has 0 bridgehead atoms. The predicted molar refractivity (Wildman–Crippen MR) is 191 cm³/mol. The van der Waals surface area contributed by atoms with Crippen LogP contribution in [-0.4, -0.2) is 46.8 Å². The molecule has 1 amide bonds. The fourth-order valence-corrected chi connectivity index (χ4v) is 6.49. The van der Waals surface area contributed by atoms with Gasteiger partial charge in [-0.25, -0.2) is 22.0 Å². The fourth-order valence-electron chi connectivity index (χ4n) is 6.49. The zero-order valence-corrected chi connectivity index (χ0v) is 29.5. The average Bonchev–Trinajstić information content (AvgIpc) is 3.21. The molecule has 12 heteroatoms. The molecule has 1 aliphatic rings. The number of nitrogens with one attached hydrogen (secondary N) is 1. The molecule has 5 aromatic rings. The summed E-state index contributed by atoms with van der Waals surface area (Å²) in [6.45, 7) is 2.11. The molecule has 0 radical (unpaired) electrons. The van der Waals surface area contributed by atoms with Crippen molar-refractivity contribution in [3.8, 4) is 11.1 Å². The first kappa shape index (κ1) is 38.7. The third-order valence-electron chi connectivity index (χ3n) is 9.71. The number of rotatable bonds is 12. The third-order valence-corrected chi connectivity index (χ3v) is 9.71. The van der Waals surface area contributed by atoms with Gasteiger partial charge in [0.25, 0.3) is 5.91 Å². The van der Waals surface area contributed by atoms with Gasteiger partial charge >= 0.3 is 0 Å². The molecule has 1 fully saturated rings. The molecule has 54 heavy (non-hydrogen) atoms. The number of halogens is 5. The number of ether oxygens (including phenoxy) is 2. The Hall–Kier alpha value is -4.98. The zero-order chi connectivity index (χ0) is 38.5. The number of nitrogens with zero attached hydrogens (tertiary/aromatic N) is 1. The number of hydrogen-bond donors (Lipinski definition) is 3. The Kier molecular flexibility index (Phi) is 12.2. The van der Waals surface area contributed by atoms with E-state index in [2.05, 4.69) is 10.2 Å². The average molecular weight is 747 g/mol. The normalized spacial score (nSPS) is 18.4. The molecular formula is C42H39F5N2O5. The lowest BCUT2D eigenvalue weighted by Gasteiger charge is -2.39. The topological polar surface area (TPSA) is 91.3 Å². The van der Waals surface area contributed by atoms with Gasteiger partial charge in [0.1, 0.15) is 5.56 Å². The van der Waals surface area contributed by atoms with Crippen LogP contribution in [0.5, 0.6) is 0 Å². The smallest absolute Gasteiger partial charge is 0.257 e. The Morgan fingerprint density at radius 2 is 1.41 bits per heavy atom. The molecule has 282 valence electrons. The quantitative estimate of drug-likeness (QED) is 0.0680. The summed E-state index contributed by atoms with van der Waals surface area (Å²) in [5.74, 6) is -12.6. The Morgan fingerprint density at radius 3 is 2.07 bits per heavy atom. The summed E-state index contributed by atoms with van der Waals surface area (Å²) in [7, 11) is 1.94. The van der Waals surface area contributed by atoms with Crippen molar-refractivity contribution in [1.82, 2.24) is 10.2 Å². The van der Waals surface area contributed by atoms with E-state index in [4.69, 9.17) is 9.47 Å². The number of carbonyl (C=O) groups is 1. The van der Waals surface area contributed by atoms with Gasteiger partial charge in [0.15, 0.2) is 29.6 Å². The van der Waals surface area contributed by atoms with E-state index in [0.717, 1.165) is 27.8 Å². The second-order valence-corrected chi connectivity index (χ2v) is 13.3. The van der Waals surface area contributed by atoms with Gasteiger partial charge < -0.3 is 25.0 Å². The van der Waals surface area contributed by atoms with E-state index in [9.17, 15) is 37.0 Å². The Bertz CT molecular complexity index is 2060. The highest BCUT2D eigenvalue weighted by atomic mass is 19.2. The molecular weight excluding hydrogens is 707 g/mol. The summed E-state index contributed by atoms with van der Waals surface area (Å²) in [5, 5.41) is 22.9. The Labute approximate surface area is 309 Å². The highest BCUT2D eigenvalue weighted by Gasteiger charge is 2.34. The van der Waals surface area contributed by atoms with Crippen molar-refractivity contribution in [3.05, 3.63) is 166 Å². The Balaban J connectivity index is 1.21. The number of aliphatic hydroxyl groups is 2. The van der Waals surface area contributed by atoms with Gasteiger partial charge in [0.2, 0.25) is 5.82 Å². The van der Waals surface area contributed by atoms with Crippen LogP contribution in [-0.2, 0) is 22.6 Å². The maximum Gasteiger partial charge on any atom is 0.257 e. The SMILES string of the molecule is C[C@H]([C@@H](O)c1ccccc1)N(C)C[C@H]1C[C@@H](c2ccc(CO)cc2)O[C@@H](c2cccc(-c3cccc(CNC(=O)c4c(F)c(F)c(F)c(F)c4F)c3)c2)O1. The van der Waals surface area contributed by atoms with E-state index in [1.54, 1.807) is 18.2 Å². The molecule has 1 aliphatic heterocycles. The van der Waals surface area contributed by atoms with Gasteiger partial charge in [0.05, 0.1) is 24.9 Å². The van der Waals surface area contributed by atoms with Crippen LogP contribution in [0.25, 0.3) is 11.1 Å². The monoisotopic (exact) mass is 746 g/mol. The second kappa shape index (κ2) is 17.0. The fraction of sp³-hybridized carbons (Fsp3) is 0.262. The number of benzene rings is 5. The van der Waals surface area contributed by atoms with Crippen LogP contribution in [0.15, 0.2) is 103 Å². The number of likely N-dealkylation sites (N-methyl/N-ethyl adjacent to an activating group) is 1. The molecule has 0 unspecified atom stereocenters. The van der Waals surface area contributed by atoms with Crippen LogP contribution in [0.1, 0.15) is 70.0 Å². The van der Waals surface area contributed by atoms with E-state index in [0.29, 0.717) is 24.1 Å². The summed E-state index contributed by atoms with van der Waals surface area (Å²) < 4.78 is 82.4. The highest BCUT2D eigenvalue weighted by molar-refractivity contribution is 5.94. The largest absolute Gasteiger partial charge is 0.392 e. The van der Waals surface area contributed by atoms with E-state index in [1.165, 1.54) is 0 Å². The second-order valence-electron chi connectivity index (χ2n) is 13.3. The molecule has 0 aliphatic carbocycles. The molecule has 0 spiro atoms. The van der Waals surface area contributed by atoms with Gasteiger partial charge in [0, 0.05) is 31.1 Å². The third kappa shape index (κ3) is 8.53. The molecule has 5 atom stereocenters. The summed E-state index contributed by atoms with van der Waals surface area (Å²) >= 11 is 0. The lowest BCUT2D eigenvalue weighted by Crippen LogP contribution is -2.43. The summed E-state index contributed by atoms with van der Waals surface area (Å²) in [4.78, 5) is 14.6. The summed E-state index contributed by atoms with van der Waals surface area (Å²) in [6, 6.07) is 31.2. The molecule has 1 heterocycles. The van der Waals surface area contributed by atoms with Gasteiger partial charge in [-0.3, -0.25) is 9.69 Å². The van der Waals surface area contributed by atoms with E-state index >= 15 is 0 Å². The van der Waals surface area contributed by atoms with E-state index < -0.39 is 53.0 Å². The standard InChI is InChI=1S/C42H39F5N2O5/c1-24(40(51)28-9-4-3-5-10-28)49(2)22-32-20-33(27-16-14-25(23-50)15-17-27)54-42(53-32)31-13-7-12-30(19-31)29-11-6-8-26(18-29)21-48-41(52)34-35(43)37(45)39(47)38(46)36(34)44/h3-19,24,32-33,40,42,50-51H,20-23H2,1-2H3,(H,48,52)/t24-,32-,33+,40-,42+/m1/s1. The number of carbonyl (C=O) groups excluding carboxylic acids is 1. The van der Waals surface area contributed by atoms with Crippen molar-refractivity contribution in [1.29, 1.82) is 0 Å². The summed E-state index contributed by atoms with van der Waals surface area (Å²) in [6.07, 6.45) is -1.61. The first-order valence-electron chi connectivity index (χ1n) is 17.4. The van der Waals surface area contributed by atoms with Crippen molar-refractivity contribution >= 4 is 5.91 Å². The van der Waals surface area contributed by atoms with Crippen molar-refractivity contribution in [3.63, 3.8) is 0 Å². The first-order valence-corrected chi connectivity index (χ1v) is 17.4. The molecule has 1 saturated heterocycles. The van der Waals surface area contributed by atoms with Crippen LogP contribution in [0.2, 0.25) is 0 Å². The van der Waals surface area contributed by atoms with Crippen molar-refractivity contribution in [2.75, 3.05) is 13.6 Å². The van der Waals surface area contributed by atoms with E-state index in [1.807, 2.05) is 98.9 Å². The van der Waals surface area contributed by atoms with Crippen LogP contribution >= 0.6 is 0 Å². The zero-order valence-electron chi connectivity index (χ0n) is 29.5. The molecule has 6 rings (SSSR count). The van der Waals surface area contributed by atoms with Gasteiger partial charge in [-0.2, -0.15) is 0 Å². The van der Waals surface area contributed by atoms with Crippen molar-refractivity contribution in [2.24, 2.45) is 0 Å². The van der Waals surface area contributed by atoms with E-state index in [-0.39, 0.29) is 31.4 Å². The maximum absolute atomic E-state index is 14.2. The Morgan fingerprint density at radius 1 is 0.778 bits per heavy atom. The summed E-state index contributed by atoms with van der Waals surface area (Å²) in [5.41, 5.74) is 3.64. The van der Waals surface area contributed by atoms with Crippen LogP contribution < -0.4 is 5.32 Å². The maximum atomic E-state index is 14.2. The van der Waals surface area contributed by atoms with Crippen molar-refractivity contribution < 1.29 is 46.4 Å². The first-order chi connectivity index (χ1) is 25.9. The minimum Gasteiger partial charge on any atom is -0.392 e. The number of hydrogen-bond acceptors (Lipinski definition) is 6. The van der Waals surface area contributed by atoms with Gasteiger partial charge in [-0.1, -0.05) is 91.0 Å². The van der Waals surface area contributed by atoms with Gasteiger partial charge in [-0.05, 0) is 59.5 Å². The number of aliphatic hydroxyl groups excluding tert-OH is 2. The lowest BCUT2D eigenvalue weighted by molar-refractivity contribution is -0.253. The molecule has 7 nitrogen and oxygen atoms in total. The molecule has 5 aromatic carbocycles. The minimum absolute atomic E-state index is 0.0850. The molecule has 0 aromatic heterocycles. The highest BCUT2D eigenvalue weighted by Crippen LogP contribution is 2.39. The van der Waals surface area contributed by atoms with Crippen LogP contribution in [0, 0.1) is 29.1 Å². The predicted octanol–water partition coefficient (Wildman–Crippen LogP) is 8.07.